The first-order valence-electron chi connectivity index (χ1n) is 10.3. The van der Waals surface area contributed by atoms with Crippen molar-refractivity contribution < 1.29 is 31.4 Å². The van der Waals surface area contributed by atoms with Crippen LogP contribution in [-0.2, 0) is 26.9 Å². The largest absolute Gasteiger partial charge is 0.492 e. The van der Waals surface area contributed by atoms with Gasteiger partial charge in [-0.15, -0.1) is 5.10 Å². The summed E-state index contributed by atoms with van der Waals surface area (Å²) in [5.41, 5.74) is 3.94. The fourth-order valence-electron chi connectivity index (χ4n) is 4.59. The molecule has 0 atom stereocenters. The number of likely N-dealkylation sites (N-methyl/N-ethyl adjacent to an activating group) is 1. The van der Waals surface area contributed by atoms with E-state index >= 15 is 0 Å². The van der Waals surface area contributed by atoms with E-state index in [-0.39, 0.29) is 34.2 Å². The topological polar surface area (TPSA) is 77.7 Å². The number of ether oxygens (including phenoxy) is 1. The average molecular weight is 477 g/mol. The molecule has 0 bridgehead atoms. The number of aliphatic hydroxyl groups is 1. The first kappa shape index (κ1) is 23.6. The second-order valence-corrected chi connectivity index (χ2v) is 7.72. The second kappa shape index (κ2) is 10.0. The summed E-state index contributed by atoms with van der Waals surface area (Å²) >= 11 is 0. The Kier molecular flexibility index (Phi) is 7.37. The third kappa shape index (κ3) is 4.28. The van der Waals surface area contributed by atoms with Gasteiger partial charge in [0.05, 0.1) is 13.3 Å². The van der Waals surface area contributed by atoms with Gasteiger partial charge in [0, 0.05) is 59.3 Å². The fraction of sp³-hybridized carbons (Fsp3) is 0.292. The van der Waals surface area contributed by atoms with E-state index in [9.17, 15) is 9.90 Å². The Morgan fingerprint density at radius 2 is 1.75 bits per heavy atom. The van der Waals surface area contributed by atoms with Gasteiger partial charge in [0.2, 0.25) is 5.90 Å². The standard InChI is InChI=1S/C24H26N4O3.Co/c1-27-20-11-7-6-10-19(20)24(13-16-28(17-14-24)23(30)31-2)21(27)12-15-25-26-22(29)18-8-4-3-5-9-18;/h3-12,15H,13-14,16-17H2,1-2H3,(H,26,29);/b21-12-,25-15+;. The number of aliphatic hydroxyl groups excluding tert-OH is 1. The Hall–Kier alpha value is -3.10. The maximum absolute atomic E-state index is 12.0. The Balaban J connectivity index is 0.00000289. The molecule has 0 aromatic heterocycles. The summed E-state index contributed by atoms with van der Waals surface area (Å²) in [5, 5.41) is 18.1. The maximum atomic E-state index is 12.0. The number of nitrogens with zero attached hydrogens (tertiary/aromatic N) is 4. The predicted octanol–water partition coefficient (Wildman–Crippen LogP) is 4.11. The number of anilines is 1. The van der Waals surface area contributed by atoms with Crippen molar-refractivity contribution in [2.75, 3.05) is 32.1 Å². The van der Waals surface area contributed by atoms with Crippen LogP contribution in [0, 0.1) is 0 Å². The maximum Gasteiger partial charge on any atom is 0.409 e. The molecule has 1 fully saturated rings. The zero-order chi connectivity index (χ0) is 21.8. The minimum Gasteiger partial charge on any atom is -0.492 e. The number of amides is 1. The van der Waals surface area contributed by atoms with Crippen molar-refractivity contribution in [3.63, 3.8) is 0 Å². The van der Waals surface area contributed by atoms with E-state index < -0.39 is 0 Å². The summed E-state index contributed by atoms with van der Waals surface area (Å²) in [6, 6.07) is 17.5. The molecule has 4 rings (SSSR count). The zero-order valence-electron chi connectivity index (χ0n) is 18.1. The molecule has 2 heterocycles. The van der Waals surface area contributed by atoms with E-state index in [1.54, 1.807) is 23.2 Å². The van der Waals surface area contributed by atoms with Crippen molar-refractivity contribution in [3.8, 4) is 0 Å². The van der Waals surface area contributed by atoms with Crippen LogP contribution in [0.25, 0.3) is 0 Å². The predicted molar refractivity (Wildman–Crippen MR) is 122 cm³/mol. The van der Waals surface area contributed by atoms with E-state index in [2.05, 4.69) is 33.3 Å². The Labute approximate surface area is 198 Å². The van der Waals surface area contributed by atoms with Crippen molar-refractivity contribution in [1.82, 2.24) is 4.90 Å². The molecule has 1 N–H and O–H groups in total. The number of rotatable bonds is 3. The Bertz CT molecular complexity index is 1040. The van der Waals surface area contributed by atoms with Gasteiger partial charge in [0.15, 0.2) is 0 Å². The van der Waals surface area contributed by atoms with Crippen LogP contribution < -0.4 is 4.90 Å². The SMILES string of the molecule is COC(=O)N1CCC2(CC1)/C(=C/C=N/N=C(\O)c1ccccc1)N(C)c1ccccc12.[Co]. The number of para-hydroxylation sites is 1. The van der Waals surface area contributed by atoms with Gasteiger partial charge in [-0.1, -0.05) is 36.4 Å². The number of piperidine rings is 1. The van der Waals surface area contributed by atoms with Crippen molar-refractivity contribution in [3.05, 3.63) is 77.5 Å². The van der Waals surface area contributed by atoms with Crippen LogP contribution in [0.2, 0.25) is 0 Å². The van der Waals surface area contributed by atoms with Gasteiger partial charge in [-0.3, -0.25) is 0 Å². The fourth-order valence-corrected chi connectivity index (χ4v) is 4.59. The van der Waals surface area contributed by atoms with Crippen LogP contribution in [-0.4, -0.2) is 55.5 Å². The monoisotopic (exact) mass is 477 g/mol. The van der Waals surface area contributed by atoms with Crippen molar-refractivity contribution in [1.29, 1.82) is 0 Å². The Morgan fingerprint density at radius 3 is 2.44 bits per heavy atom. The summed E-state index contributed by atoms with van der Waals surface area (Å²) in [6.07, 6.45) is 4.87. The number of hydrogen-bond acceptors (Lipinski definition) is 5. The number of fused-ring (bicyclic) bond motifs is 2. The molecule has 1 spiro atoms. The number of carbonyl (C=O) groups is 1. The number of hydrogen-bond donors (Lipinski definition) is 1. The van der Waals surface area contributed by atoms with Gasteiger partial charge in [-0.2, -0.15) is 5.10 Å². The smallest absolute Gasteiger partial charge is 0.409 e. The summed E-state index contributed by atoms with van der Waals surface area (Å²) in [5.74, 6) is -0.126. The third-order valence-corrected chi connectivity index (χ3v) is 6.17. The minimum absolute atomic E-state index is 0. The van der Waals surface area contributed by atoms with Gasteiger partial charge in [0.25, 0.3) is 0 Å². The molecular weight excluding hydrogens is 451 g/mol. The third-order valence-electron chi connectivity index (χ3n) is 6.17. The van der Waals surface area contributed by atoms with E-state index in [1.807, 2.05) is 37.4 Å². The number of carbonyl (C=O) groups excluding carboxylic acids is 1. The number of methoxy groups -OCH3 is 1. The van der Waals surface area contributed by atoms with Crippen LogP contribution in [0.5, 0.6) is 0 Å². The first-order valence-corrected chi connectivity index (χ1v) is 10.3. The molecule has 32 heavy (non-hydrogen) atoms. The van der Waals surface area contributed by atoms with Crippen LogP contribution in [0.15, 0.2) is 76.6 Å². The molecule has 0 aliphatic carbocycles. The average Bonchev–Trinajstić information content (AvgIpc) is 3.05. The number of allylic oxidation sites excluding steroid dienone is 2. The molecule has 1 amide bonds. The van der Waals surface area contributed by atoms with E-state index in [4.69, 9.17) is 4.74 Å². The van der Waals surface area contributed by atoms with Crippen molar-refractivity contribution in [2.24, 2.45) is 10.2 Å². The molecule has 8 heteroatoms. The Morgan fingerprint density at radius 1 is 1.09 bits per heavy atom. The second-order valence-electron chi connectivity index (χ2n) is 7.72. The van der Waals surface area contributed by atoms with Crippen LogP contribution >= 0.6 is 0 Å². The molecule has 7 nitrogen and oxygen atoms in total. The summed E-state index contributed by atoms with van der Waals surface area (Å²) < 4.78 is 4.90. The van der Waals surface area contributed by atoms with Gasteiger partial charge in [-0.05, 0) is 42.7 Å². The quantitative estimate of drug-likeness (QED) is 0.410. The molecule has 0 saturated carbocycles. The van der Waals surface area contributed by atoms with Gasteiger partial charge < -0.3 is 19.6 Å². The molecule has 169 valence electrons. The first-order chi connectivity index (χ1) is 15.1. The molecular formula is C24H26CoN4O3. The summed E-state index contributed by atoms with van der Waals surface area (Å²) in [4.78, 5) is 15.9. The van der Waals surface area contributed by atoms with E-state index in [0.29, 0.717) is 18.7 Å². The summed E-state index contributed by atoms with van der Waals surface area (Å²) in [7, 11) is 3.46. The molecule has 2 aromatic carbocycles. The zero-order valence-corrected chi connectivity index (χ0v) is 19.1. The van der Waals surface area contributed by atoms with Crippen LogP contribution in [0.1, 0.15) is 24.0 Å². The molecule has 0 unspecified atom stereocenters. The van der Waals surface area contributed by atoms with Crippen molar-refractivity contribution in [2.45, 2.75) is 18.3 Å². The number of benzene rings is 2. The summed E-state index contributed by atoms with van der Waals surface area (Å²) in [6.45, 7) is 1.24. The van der Waals surface area contributed by atoms with E-state index in [0.717, 1.165) is 24.2 Å². The van der Waals surface area contributed by atoms with Crippen LogP contribution in [0.4, 0.5) is 10.5 Å². The van der Waals surface area contributed by atoms with Crippen molar-refractivity contribution >= 4 is 23.9 Å². The van der Waals surface area contributed by atoms with E-state index in [1.165, 1.54) is 12.7 Å². The van der Waals surface area contributed by atoms with Crippen LogP contribution in [0.3, 0.4) is 0 Å². The molecule has 2 aliphatic rings. The van der Waals surface area contributed by atoms with Gasteiger partial charge in [-0.25, -0.2) is 4.79 Å². The molecule has 1 radical (unpaired) electrons. The minimum atomic E-state index is -0.285. The van der Waals surface area contributed by atoms with Gasteiger partial charge in [0.1, 0.15) is 0 Å². The normalized spacial score (nSPS) is 18.7. The molecule has 1 saturated heterocycles. The van der Waals surface area contributed by atoms with Gasteiger partial charge >= 0.3 is 6.09 Å². The molecule has 2 aromatic rings. The number of likely N-dealkylation sites (tertiary alicyclic amines) is 1. The molecule has 2 aliphatic heterocycles.